The monoisotopic (exact) mass is 297 g/mol. The number of carboxylic acids is 1. The van der Waals surface area contributed by atoms with Gasteiger partial charge in [-0.05, 0) is 6.42 Å². The van der Waals surface area contributed by atoms with Gasteiger partial charge in [0, 0.05) is 12.6 Å². The van der Waals surface area contributed by atoms with Crippen molar-refractivity contribution in [3.05, 3.63) is 18.0 Å². The summed E-state index contributed by atoms with van der Waals surface area (Å²) >= 11 is 0. The molecule has 2 heterocycles. The van der Waals surface area contributed by atoms with Crippen molar-refractivity contribution in [1.82, 2.24) is 15.4 Å². The van der Waals surface area contributed by atoms with E-state index in [1.54, 1.807) is 6.07 Å². The van der Waals surface area contributed by atoms with Crippen molar-refractivity contribution in [3.63, 3.8) is 0 Å². The molecule has 2 unspecified atom stereocenters. The quantitative estimate of drug-likeness (QED) is 0.800. The summed E-state index contributed by atoms with van der Waals surface area (Å²) in [7, 11) is 0. The van der Waals surface area contributed by atoms with Crippen molar-refractivity contribution in [1.29, 1.82) is 0 Å². The lowest BCUT2D eigenvalue weighted by molar-refractivity contribution is -0.142. The van der Waals surface area contributed by atoms with Crippen molar-refractivity contribution in [2.24, 2.45) is 5.92 Å². The Morgan fingerprint density at radius 1 is 1.52 bits per heavy atom. The Kier molecular flexibility index (Phi) is 5.15. The van der Waals surface area contributed by atoms with E-state index in [1.807, 2.05) is 6.92 Å². The van der Waals surface area contributed by atoms with Crippen LogP contribution in [-0.2, 0) is 16.1 Å². The predicted molar refractivity (Wildman–Crippen MR) is 71.5 cm³/mol. The Balaban J connectivity index is 1.99. The van der Waals surface area contributed by atoms with E-state index in [-0.39, 0.29) is 25.8 Å². The minimum atomic E-state index is -0.943. The summed E-state index contributed by atoms with van der Waals surface area (Å²) < 4.78 is 10.1. The lowest BCUT2D eigenvalue weighted by atomic mass is 10.0. The molecule has 1 aromatic heterocycles. The first kappa shape index (κ1) is 15.3. The standard InChI is InChI=1S/C13H19N3O5/c1-2-5-16(11-8-20-7-10(11)12(17)18)13(19)14-6-9-3-4-15-21-9/h3-4,10-11H,2,5-8H2,1H3,(H,14,19)(H,17,18). The number of amides is 2. The Morgan fingerprint density at radius 2 is 2.33 bits per heavy atom. The van der Waals surface area contributed by atoms with Crippen LogP contribution in [0.4, 0.5) is 4.79 Å². The average Bonchev–Trinajstić information content (AvgIpc) is 3.12. The van der Waals surface area contributed by atoms with Gasteiger partial charge in [-0.2, -0.15) is 0 Å². The zero-order valence-electron chi connectivity index (χ0n) is 11.8. The molecule has 8 nitrogen and oxygen atoms in total. The molecule has 0 radical (unpaired) electrons. The number of ether oxygens (including phenoxy) is 1. The van der Waals surface area contributed by atoms with Gasteiger partial charge in [-0.3, -0.25) is 4.79 Å². The zero-order chi connectivity index (χ0) is 15.2. The van der Waals surface area contributed by atoms with E-state index in [9.17, 15) is 14.7 Å². The Labute approximate surface area is 122 Å². The van der Waals surface area contributed by atoms with Crippen molar-refractivity contribution < 1.29 is 24.0 Å². The highest BCUT2D eigenvalue weighted by Crippen LogP contribution is 2.20. The third-order valence-electron chi connectivity index (χ3n) is 3.40. The molecule has 1 fully saturated rings. The van der Waals surface area contributed by atoms with E-state index in [0.29, 0.717) is 12.3 Å². The van der Waals surface area contributed by atoms with Gasteiger partial charge in [0.15, 0.2) is 5.76 Å². The normalized spacial score (nSPS) is 21.2. The van der Waals surface area contributed by atoms with E-state index in [2.05, 4.69) is 10.5 Å². The summed E-state index contributed by atoms with van der Waals surface area (Å²) in [6.45, 7) is 3.00. The smallest absolute Gasteiger partial charge is 0.318 e. The first-order valence-corrected chi connectivity index (χ1v) is 6.88. The topological polar surface area (TPSA) is 105 Å². The van der Waals surface area contributed by atoms with Crippen LogP contribution < -0.4 is 5.32 Å². The van der Waals surface area contributed by atoms with Gasteiger partial charge in [-0.25, -0.2) is 4.79 Å². The number of aliphatic carboxylic acids is 1. The van der Waals surface area contributed by atoms with Crippen molar-refractivity contribution in [2.75, 3.05) is 19.8 Å². The molecule has 0 saturated carbocycles. The molecule has 1 aliphatic heterocycles. The summed E-state index contributed by atoms with van der Waals surface area (Å²) in [5.74, 6) is -1.09. The Bertz CT molecular complexity index is 476. The Morgan fingerprint density at radius 3 is 2.95 bits per heavy atom. The SMILES string of the molecule is CCCN(C(=O)NCc1ccno1)C1COCC1C(=O)O. The maximum atomic E-state index is 12.3. The number of aromatic nitrogens is 1. The summed E-state index contributed by atoms with van der Waals surface area (Å²) in [4.78, 5) is 25.0. The van der Waals surface area contributed by atoms with Crippen molar-refractivity contribution in [2.45, 2.75) is 25.9 Å². The van der Waals surface area contributed by atoms with Gasteiger partial charge < -0.3 is 24.6 Å². The number of carboxylic acid groups (broad SMARTS) is 1. The molecule has 8 heteroatoms. The number of urea groups is 1. The summed E-state index contributed by atoms with van der Waals surface area (Å²) in [5.41, 5.74) is 0. The minimum absolute atomic E-state index is 0.135. The van der Waals surface area contributed by atoms with Crippen LogP contribution in [0.5, 0.6) is 0 Å². The van der Waals surface area contributed by atoms with Crippen LogP contribution >= 0.6 is 0 Å². The van der Waals surface area contributed by atoms with E-state index in [4.69, 9.17) is 9.26 Å². The molecule has 0 aromatic carbocycles. The fraction of sp³-hybridized carbons (Fsp3) is 0.615. The third kappa shape index (κ3) is 3.72. The van der Waals surface area contributed by atoms with Gasteiger partial charge in [-0.1, -0.05) is 12.1 Å². The van der Waals surface area contributed by atoms with Crippen LogP contribution in [0.25, 0.3) is 0 Å². The van der Waals surface area contributed by atoms with Gasteiger partial charge in [0.25, 0.3) is 0 Å². The first-order chi connectivity index (χ1) is 10.1. The minimum Gasteiger partial charge on any atom is -0.481 e. The molecule has 0 spiro atoms. The lowest BCUT2D eigenvalue weighted by Gasteiger charge is -2.30. The number of nitrogens with one attached hydrogen (secondary N) is 1. The van der Waals surface area contributed by atoms with Crippen LogP contribution in [0.15, 0.2) is 16.8 Å². The number of rotatable bonds is 6. The predicted octanol–water partition coefficient (Wildman–Crippen LogP) is 0.696. The summed E-state index contributed by atoms with van der Waals surface area (Å²) in [6.07, 6.45) is 2.23. The van der Waals surface area contributed by atoms with Crippen LogP contribution in [0.2, 0.25) is 0 Å². The highest BCUT2D eigenvalue weighted by molar-refractivity contribution is 5.77. The molecule has 2 amide bonds. The highest BCUT2D eigenvalue weighted by Gasteiger charge is 2.39. The van der Waals surface area contributed by atoms with Gasteiger partial charge in [0.1, 0.15) is 5.92 Å². The number of hydrogen-bond donors (Lipinski definition) is 2. The summed E-state index contributed by atoms with van der Waals surface area (Å²) in [6, 6.07) is 0.885. The van der Waals surface area contributed by atoms with Gasteiger partial charge in [0.2, 0.25) is 0 Å². The largest absolute Gasteiger partial charge is 0.481 e. The van der Waals surface area contributed by atoms with E-state index < -0.39 is 17.9 Å². The average molecular weight is 297 g/mol. The second kappa shape index (κ2) is 7.07. The van der Waals surface area contributed by atoms with Gasteiger partial charge >= 0.3 is 12.0 Å². The lowest BCUT2D eigenvalue weighted by Crippen LogP contribution is -2.50. The Hall–Kier alpha value is -2.09. The van der Waals surface area contributed by atoms with Crippen molar-refractivity contribution in [3.8, 4) is 0 Å². The molecule has 1 aromatic rings. The number of carbonyl (C=O) groups is 2. The molecular formula is C13H19N3O5. The van der Waals surface area contributed by atoms with E-state index in [0.717, 1.165) is 6.42 Å². The van der Waals surface area contributed by atoms with Crippen molar-refractivity contribution >= 4 is 12.0 Å². The maximum absolute atomic E-state index is 12.3. The van der Waals surface area contributed by atoms with Gasteiger partial charge in [-0.15, -0.1) is 0 Å². The zero-order valence-corrected chi connectivity index (χ0v) is 11.8. The molecule has 116 valence electrons. The van der Waals surface area contributed by atoms with Crippen LogP contribution in [0.3, 0.4) is 0 Å². The van der Waals surface area contributed by atoms with Crippen LogP contribution in [0.1, 0.15) is 19.1 Å². The molecule has 2 atom stereocenters. The first-order valence-electron chi connectivity index (χ1n) is 6.88. The molecule has 21 heavy (non-hydrogen) atoms. The molecule has 1 aliphatic rings. The fourth-order valence-electron chi connectivity index (χ4n) is 2.34. The molecular weight excluding hydrogens is 278 g/mol. The molecule has 1 saturated heterocycles. The fourth-order valence-corrected chi connectivity index (χ4v) is 2.34. The van der Waals surface area contributed by atoms with Crippen LogP contribution in [-0.4, -0.2) is 53.0 Å². The molecule has 0 bridgehead atoms. The highest BCUT2D eigenvalue weighted by atomic mass is 16.5. The molecule has 2 N–H and O–H groups in total. The van der Waals surface area contributed by atoms with E-state index in [1.165, 1.54) is 11.1 Å². The molecule has 0 aliphatic carbocycles. The number of carbonyl (C=O) groups excluding carboxylic acids is 1. The second-order valence-corrected chi connectivity index (χ2v) is 4.88. The summed E-state index contributed by atoms with van der Waals surface area (Å²) in [5, 5.41) is 15.5. The maximum Gasteiger partial charge on any atom is 0.318 e. The van der Waals surface area contributed by atoms with Gasteiger partial charge in [0.05, 0.1) is 32.0 Å². The van der Waals surface area contributed by atoms with E-state index >= 15 is 0 Å². The number of hydrogen-bond acceptors (Lipinski definition) is 5. The molecule has 2 rings (SSSR count). The number of nitrogens with zero attached hydrogens (tertiary/aromatic N) is 2. The third-order valence-corrected chi connectivity index (χ3v) is 3.40. The van der Waals surface area contributed by atoms with Crippen LogP contribution in [0, 0.1) is 5.92 Å². The second-order valence-electron chi connectivity index (χ2n) is 4.88.